The lowest BCUT2D eigenvalue weighted by atomic mass is 10.2. The predicted octanol–water partition coefficient (Wildman–Crippen LogP) is 1.71. The van der Waals surface area contributed by atoms with Crippen molar-refractivity contribution in [2.45, 2.75) is 38.5 Å². The maximum atomic E-state index is 12.2. The van der Waals surface area contributed by atoms with Crippen molar-refractivity contribution < 1.29 is 14.3 Å². The van der Waals surface area contributed by atoms with Crippen LogP contribution in [0, 0.1) is 0 Å². The number of carbonyl (C=O) groups is 1. The lowest BCUT2D eigenvalue weighted by molar-refractivity contribution is -0.127. The van der Waals surface area contributed by atoms with Crippen LogP contribution in [-0.2, 0) is 9.36 Å². The Morgan fingerprint density at radius 1 is 1.05 bits per heavy atom. The van der Waals surface area contributed by atoms with Crippen molar-refractivity contribution in [3.63, 3.8) is 0 Å². The van der Waals surface area contributed by atoms with E-state index in [2.05, 4.69) is 4.90 Å². The van der Waals surface area contributed by atoms with Crippen LogP contribution in [0.2, 0.25) is 0 Å². The SMILES string of the molecule is O=C1CCCN1CCP(=O)(O)CN1CCCCCC1. The van der Waals surface area contributed by atoms with Gasteiger partial charge in [-0.1, -0.05) is 12.8 Å². The van der Waals surface area contributed by atoms with Gasteiger partial charge in [0.2, 0.25) is 13.3 Å². The highest BCUT2D eigenvalue weighted by molar-refractivity contribution is 7.57. The molecule has 110 valence electrons. The van der Waals surface area contributed by atoms with Crippen LogP contribution in [0.5, 0.6) is 0 Å². The van der Waals surface area contributed by atoms with Gasteiger partial charge in [-0.05, 0) is 32.4 Å². The van der Waals surface area contributed by atoms with E-state index in [-0.39, 0.29) is 12.1 Å². The molecule has 2 saturated heterocycles. The quantitative estimate of drug-likeness (QED) is 0.782. The lowest BCUT2D eigenvalue weighted by Gasteiger charge is -2.24. The van der Waals surface area contributed by atoms with Crippen LogP contribution in [0.25, 0.3) is 0 Å². The van der Waals surface area contributed by atoms with Gasteiger partial charge in [0, 0.05) is 25.7 Å². The van der Waals surface area contributed by atoms with Gasteiger partial charge in [-0.3, -0.25) is 14.3 Å². The van der Waals surface area contributed by atoms with E-state index in [9.17, 15) is 14.3 Å². The molecule has 0 aliphatic carbocycles. The molecule has 0 spiro atoms. The third-order valence-electron chi connectivity index (χ3n) is 4.01. The average Bonchev–Trinajstić information content (AvgIpc) is 2.60. The highest BCUT2D eigenvalue weighted by Crippen LogP contribution is 2.41. The fourth-order valence-electron chi connectivity index (χ4n) is 2.88. The van der Waals surface area contributed by atoms with E-state index in [0.717, 1.165) is 38.9 Å². The zero-order chi connectivity index (χ0) is 13.7. The Labute approximate surface area is 115 Å². The Morgan fingerprint density at radius 2 is 1.74 bits per heavy atom. The molecule has 0 aromatic heterocycles. The summed E-state index contributed by atoms with van der Waals surface area (Å²) in [4.78, 5) is 25.4. The van der Waals surface area contributed by atoms with E-state index in [1.165, 1.54) is 12.8 Å². The standard InChI is InChI=1S/C13H25N2O3P/c16-13-6-5-9-15(13)10-11-19(17,18)12-14-7-3-1-2-4-8-14/h1-12H2,(H,17,18). The molecule has 2 fully saturated rings. The molecule has 19 heavy (non-hydrogen) atoms. The van der Waals surface area contributed by atoms with Gasteiger partial charge in [0.05, 0.1) is 6.29 Å². The van der Waals surface area contributed by atoms with Crippen LogP contribution in [0.4, 0.5) is 0 Å². The molecule has 0 bridgehead atoms. The van der Waals surface area contributed by atoms with Crippen LogP contribution in [-0.4, -0.2) is 59.2 Å². The van der Waals surface area contributed by atoms with Crippen LogP contribution >= 0.6 is 7.37 Å². The Balaban J connectivity index is 1.77. The molecule has 2 rings (SSSR count). The maximum Gasteiger partial charge on any atom is 0.222 e. The molecular formula is C13H25N2O3P. The molecule has 1 amide bonds. The monoisotopic (exact) mass is 288 g/mol. The Morgan fingerprint density at radius 3 is 2.32 bits per heavy atom. The molecule has 1 unspecified atom stereocenters. The topological polar surface area (TPSA) is 60.9 Å². The number of likely N-dealkylation sites (tertiary alicyclic amines) is 2. The summed E-state index contributed by atoms with van der Waals surface area (Å²) in [5.74, 6) is 0.134. The number of amides is 1. The molecule has 0 saturated carbocycles. The van der Waals surface area contributed by atoms with Crippen molar-refractivity contribution in [3.8, 4) is 0 Å². The number of hydrogen-bond acceptors (Lipinski definition) is 3. The molecule has 1 N–H and O–H groups in total. The van der Waals surface area contributed by atoms with Crippen molar-refractivity contribution in [3.05, 3.63) is 0 Å². The molecule has 5 nitrogen and oxygen atoms in total. The summed E-state index contributed by atoms with van der Waals surface area (Å²) in [5, 5.41) is 0. The first-order valence-electron chi connectivity index (χ1n) is 7.38. The largest absolute Gasteiger partial charge is 0.343 e. The smallest absolute Gasteiger partial charge is 0.222 e. The van der Waals surface area contributed by atoms with E-state index < -0.39 is 7.37 Å². The second-order valence-corrected chi connectivity index (χ2v) is 8.15. The van der Waals surface area contributed by atoms with E-state index in [0.29, 0.717) is 19.3 Å². The van der Waals surface area contributed by atoms with Gasteiger partial charge in [0.15, 0.2) is 0 Å². The number of rotatable bonds is 5. The summed E-state index contributed by atoms with van der Waals surface area (Å²) in [5.41, 5.74) is 0. The van der Waals surface area contributed by atoms with Gasteiger partial charge in [-0.15, -0.1) is 0 Å². The van der Waals surface area contributed by atoms with Gasteiger partial charge < -0.3 is 9.79 Å². The lowest BCUT2D eigenvalue weighted by Crippen LogP contribution is -2.30. The summed E-state index contributed by atoms with van der Waals surface area (Å²) in [6, 6.07) is 0. The molecule has 0 aromatic carbocycles. The fourth-order valence-corrected chi connectivity index (χ4v) is 4.48. The molecule has 0 aromatic rings. The van der Waals surface area contributed by atoms with Crippen molar-refractivity contribution in [2.24, 2.45) is 0 Å². The third kappa shape index (κ3) is 4.90. The van der Waals surface area contributed by atoms with Crippen LogP contribution in [0.1, 0.15) is 38.5 Å². The van der Waals surface area contributed by atoms with Crippen molar-refractivity contribution in [1.29, 1.82) is 0 Å². The second-order valence-electron chi connectivity index (χ2n) is 5.73. The predicted molar refractivity (Wildman–Crippen MR) is 75.4 cm³/mol. The van der Waals surface area contributed by atoms with Crippen molar-refractivity contribution >= 4 is 13.3 Å². The first-order chi connectivity index (χ1) is 9.07. The normalized spacial score (nSPS) is 25.3. The second kappa shape index (κ2) is 6.87. The molecule has 2 aliphatic heterocycles. The summed E-state index contributed by atoms with van der Waals surface area (Å²) in [6.45, 7) is 3.07. The van der Waals surface area contributed by atoms with E-state index in [1.54, 1.807) is 4.90 Å². The number of nitrogens with zero attached hydrogens (tertiary/aromatic N) is 2. The minimum absolute atomic E-state index is 0.134. The number of carbonyl (C=O) groups excluding carboxylic acids is 1. The number of hydrogen-bond donors (Lipinski definition) is 1. The molecular weight excluding hydrogens is 263 g/mol. The molecule has 0 radical (unpaired) electrons. The summed E-state index contributed by atoms with van der Waals surface area (Å²) < 4.78 is 12.2. The van der Waals surface area contributed by atoms with Gasteiger partial charge in [-0.2, -0.15) is 0 Å². The zero-order valence-electron chi connectivity index (χ0n) is 11.6. The van der Waals surface area contributed by atoms with Crippen molar-refractivity contribution in [2.75, 3.05) is 38.6 Å². The first kappa shape index (κ1) is 15.0. The van der Waals surface area contributed by atoms with Crippen LogP contribution in [0.15, 0.2) is 0 Å². The van der Waals surface area contributed by atoms with Crippen LogP contribution < -0.4 is 0 Å². The van der Waals surface area contributed by atoms with E-state index in [4.69, 9.17) is 0 Å². The van der Waals surface area contributed by atoms with E-state index in [1.807, 2.05) is 0 Å². The maximum absolute atomic E-state index is 12.2. The highest BCUT2D eigenvalue weighted by Gasteiger charge is 2.26. The van der Waals surface area contributed by atoms with Gasteiger partial charge in [0.25, 0.3) is 0 Å². The van der Waals surface area contributed by atoms with Crippen molar-refractivity contribution in [1.82, 2.24) is 9.80 Å². The fraction of sp³-hybridized carbons (Fsp3) is 0.923. The summed E-state index contributed by atoms with van der Waals surface area (Å²) in [7, 11) is -3.13. The van der Waals surface area contributed by atoms with Gasteiger partial charge >= 0.3 is 0 Å². The molecule has 2 aliphatic rings. The molecule has 2 heterocycles. The molecule has 1 atom stereocenters. The van der Waals surface area contributed by atoms with Crippen LogP contribution in [0.3, 0.4) is 0 Å². The van der Waals surface area contributed by atoms with Gasteiger partial charge in [-0.25, -0.2) is 0 Å². The minimum atomic E-state index is -3.13. The Bertz CT molecular complexity index is 354. The minimum Gasteiger partial charge on any atom is -0.343 e. The Hall–Kier alpha value is -0.380. The molecule has 6 heteroatoms. The average molecular weight is 288 g/mol. The third-order valence-corrected chi connectivity index (χ3v) is 5.75. The van der Waals surface area contributed by atoms with Gasteiger partial charge in [0.1, 0.15) is 0 Å². The first-order valence-corrected chi connectivity index (χ1v) is 9.41. The summed E-state index contributed by atoms with van der Waals surface area (Å²) in [6.07, 6.45) is 6.76. The zero-order valence-corrected chi connectivity index (χ0v) is 12.5. The van der Waals surface area contributed by atoms with E-state index >= 15 is 0 Å². The Kier molecular flexibility index (Phi) is 5.43. The summed E-state index contributed by atoms with van der Waals surface area (Å²) >= 11 is 0. The highest BCUT2D eigenvalue weighted by atomic mass is 31.2.